The van der Waals surface area contributed by atoms with E-state index in [0.717, 1.165) is 10.2 Å². The third kappa shape index (κ3) is 3.58. The molecule has 0 aliphatic carbocycles. The highest BCUT2D eigenvalue weighted by Crippen LogP contribution is 2.31. The fourth-order valence-electron chi connectivity index (χ4n) is 3.01. The zero-order valence-electron chi connectivity index (χ0n) is 12.4. The van der Waals surface area contributed by atoms with Gasteiger partial charge in [0, 0.05) is 23.5 Å². The molecule has 0 spiro atoms. The lowest BCUT2D eigenvalue weighted by Crippen LogP contribution is -2.40. The number of carbonyl (C=O) groups excluding carboxylic acids is 2. The van der Waals surface area contributed by atoms with Gasteiger partial charge in [0.05, 0.1) is 23.1 Å². The highest BCUT2D eigenvalue weighted by Gasteiger charge is 2.37. The van der Waals surface area contributed by atoms with Crippen LogP contribution in [0.1, 0.15) is 12.8 Å². The maximum atomic E-state index is 12.3. The molecule has 2 aliphatic rings. The summed E-state index contributed by atoms with van der Waals surface area (Å²) >= 11 is 3.41. The molecule has 2 atom stereocenters. The number of nitrogens with zero attached hydrogens (tertiary/aromatic N) is 1. The zero-order valence-corrected chi connectivity index (χ0v) is 14.8. The minimum absolute atomic E-state index is 0.00659. The van der Waals surface area contributed by atoms with Gasteiger partial charge in [-0.25, -0.2) is 8.42 Å². The van der Waals surface area contributed by atoms with Crippen molar-refractivity contribution in [3.8, 4) is 0 Å². The van der Waals surface area contributed by atoms with E-state index in [9.17, 15) is 18.0 Å². The van der Waals surface area contributed by atoms with Crippen LogP contribution in [0.3, 0.4) is 0 Å². The normalized spacial score (nSPS) is 26.5. The van der Waals surface area contributed by atoms with Crippen LogP contribution >= 0.6 is 15.9 Å². The first-order chi connectivity index (χ1) is 10.9. The van der Waals surface area contributed by atoms with Crippen LogP contribution in [0, 0.1) is 5.92 Å². The minimum Gasteiger partial charge on any atom is -0.352 e. The number of hydrogen-bond acceptors (Lipinski definition) is 4. The van der Waals surface area contributed by atoms with Crippen molar-refractivity contribution in [3.63, 3.8) is 0 Å². The Bertz CT molecular complexity index is 750. The van der Waals surface area contributed by atoms with Crippen LogP contribution in [-0.2, 0) is 19.4 Å². The first-order valence-electron chi connectivity index (χ1n) is 7.41. The molecule has 2 heterocycles. The quantitative estimate of drug-likeness (QED) is 0.823. The largest absolute Gasteiger partial charge is 0.352 e. The van der Waals surface area contributed by atoms with E-state index in [2.05, 4.69) is 21.2 Å². The predicted octanol–water partition coefficient (Wildman–Crippen LogP) is 1.11. The van der Waals surface area contributed by atoms with Gasteiger partial charge in [0.15, 0.2) is 9.84 Å². The summed E-state index contributed by atoms with van der Waals surface area (Å²) < 4.78 is 23.7. The Morgan fingerprint density at radius 1 is 1.30 bits per heavy atom. The molecule has 8 heteroatoms. The van der Waals surface area contributed by atoms with E-state index < -0.39 is 15.8 Å². The van der Waals surface area contributed by atoms with Gasteiger partial charge in [-0.05, 0) is 34.5 Å². The van der Waals surface area contributed by atoms with E-state index in [0.29, 0.717) is 13.0 Å². The Kier molecular flexibility index (Phi) is 4.46. The number of halogens is 1. The first-order valence-corrected chi connectivity index (χ1v) is 10.0. The number of benzene rings is 1. The van der Waals surface area contributed by atoms with Gasteiger partial charge in [0.1, 0.15) is 0 Å². The van der Waals surface area contributed by atoms with Crippen molar-refractivity contribution in [2.75, 3.05) is 23.0 Å². The second kappa shape index (κ2) is 6.24. The summed E-state index contributed by atoms with van der Waals surface area (Å²) in [6.45, 7) is 0.312. The molecule has 1 N–H and O–H groups in total. The molecule has 1 aromatic carbocycles. The van der Waals surface area contributed by atoms with Gasteiger partial charge < -0.3 is 10.2 Å². The van der Waals surface area contributed by atoms with E-state index in [1.54, 1.807) is 4.90 Å². The monoisotopic (exact) mass is 400 g/mol. The number of para-hydroxylation sites is 1. The summed E-state index contributed by atoms with van der Waals surface area (Å²) in [6.07, 6.45) is 0.593. The van der Waals surface area contributed by atoms with Crippen LogP contribution in [0.25, 0.3) is 0 Å². The van der Waals surface area contributed by atoms with E-state index in [-0.39, 0.29) is 35.8 Å². The second-order valence-electron chi connectivity index (χ2n) is 5.97. The molecule has 1 aromatic rings. The summed E-state index contributed by atoms with van der Waals surface area (Å²) in [5.74, 6) is -0.679. The fraction of sp³-hybridized carbons (Fsp3) is 0.467. The summed E-state index contributed by atoms with van der Waals surface area (Å²) in [6, 6.07) is 7.04. The van der Waals surface area contributed by atoms with Crippen molar-refractivity contribution in [3.05, 3.63) is 28.7 Å². The molecule has 3 rings (SSSR count). The molecule has 0 aromatic heterocycles. The third-order valence-electron chi connectivity index (χ3n) is 4.22. The summed E-state index contributed by atoms with van der Waals surface area (Å²) in [5, 5.41) is 2.77. The molecule has 2 aliphatic heterocycles. The van der Waals surface area contributed by atoms with Crippen LogP contribution in [0.4, 0.5) is 5.69 Å². The standard InChI is InChI=1S/C15H17BrN2O4S/c16-12-3-1-2-4-13(12)18-8-10(7-14(18)19)15(20)17-11-5-6-23(21,22)9-11/h1-4,10-11H,5-9H2,(H,17,20)/t10-,11+/m0/s1. The number of rotatable bonds is 3. The van der Waals surface area contributed by atoms with Crippen molar-refractivity contribution in [2.24, 2.45) is 5.92 Å². The lowest BCUT2D eigenvalue weighted by Gasteiger charge is -2.19. The third-order valence-corrected chi connectivity index (χ3v) is 6.66. The molecule has 0 unspecified atom stereocenters. The molecule has 23 heavy (non-hydrogen) atoms. The minimum atomic E-state index is -3.03. The summed E-state index contributed by atoms with van der Waals surface area (Å²) in [4.78, 5) is 26.1. The molecule has 0 bridgehead atoms. The Balaban J connectivity index is 1.66. The fourth-order valence-corrected chi connectivity index (χ4v) is 5.19. The number of sulfone groups is 1. The number of carbonyl (C=O) groups is 2. The molecular weight excluding hydrogens is 384 g/mol. The van der Waals surface area contributed by atoms with Gasteiger partial charge in [-0.1, -0.05) is 12.1 Å². The van der Waals surface area contributed by atoms with E-state index in [4.69, 9.17) is 0 Å². The van der Waals surface area contributed by atoms with Gasteiger partial charge in [0.2, 0.25) is 11.8 Å². The summed E-state index contributed by atoms with van der Waals surface area (Å²) in [5.41, 5.74) is 0.747. The number of nitrogens with one attached hydrogen (secondary N) is 1. The molecular formula is C15H17BrN2O4S. The van der Waals surface area contributed by atoms with Crippen LogP contribution in [0.5, 0.6) is 0 Å². The smallest absolute Gasteiger partial charge is 0.227 e. The zero-order chi connectivity index (χ0) is 16.6. The average molecular weight is 401 g/mol. The lowest BCUT2D eigenvalue weighted by molar-refractivity contribution is -0.126. The van der Waals surface area contributed by atoms with Gasteiger partial charge in [-0.3, -0.25) is 9.59 Å². The Morgan fingerprint density at radius 3 is 2.70 bits per heavy atom. The number of hydrogen-bond donors (Lipinski definition) is 1. The highest BCUT2D eigenvalue weighted by molar-refractivity contribution is 9.10. The van der Waals surface area contributed by atoms with E-state index in [1.165, 1.54) is 0 Å². The van der Waals surface area contributed by atoms with Crippen molar-refractivity contribution in [2.45, 2.75) is 18.9 Å². The van der Waals surface area contributed by atoms with E-state index >= 15 is 0 Å². The van der Waals surface area contributed by atoms with Gasteiger partial charge in [0.25, 0.3) is 0 Å². The summed E-state index contributed by atoms with van der Waals surface area (Å²) in [7, 11) is -3.03. The predicted molar refractivity (Wildman–Crippen MR) is 89.8 cm³/mol. The van der Waals surface area contributed by atoms with Crippen LogP contribution in [0.15, 0.2) is 28.7 Å². The van der Waals surface area contributed by atoms with Crippen molar-refractivity contribution >= 4 is 43.3 Å². The van der Waals surface area contributed by atoms with Crippen molar-refractivity contribution in [1.29, 1.82) is 0 Å². The molecule has 6 nitrogen and oxygen atoms in total. The molecule has 0 radical (unpaired) electrons. The average Bonchev–Trinajstić information content (AvgIpc) is 3.02. The van der Waals surface area contributed by atoms with Gasteiger partial charge >= 0.3 is 0 Å². The van der Waals surface area contributed by atoms with E-state index in [1.807, 2.05) is 24.3 Å². The lowest BCUT2D eigenvalue weighted by atomic mass is 10.1. The van der Waals surface area contributed by atoms with Crippen molar-refractivity contribution < 1.29 is 18.0 Å². The second-order valence-corrected chi connectivity index (χ2v) is 9.05. The molecule has 0 saturated carbocycles. The van der Waals surface area contributed by atoms with Gasteiger partial charge in [-0.15, -0.1) is 0 Å². The SMILES string of the molecule is O=C(N[C@@H]1CCS(=O)(=O)C1)[C@H]1CC(=O)N(c2ccccc2Br)C1. The van der Waals surface area contributed by atoms with Gasteiger partial charge in [-0.2, -0.15) is 0 Å². The van der Waals surface area contributed by atoms with Crippen molar-refractivity contribution in [1.82, 2.24) is 5.32 Å². The molecule has 124 valence electrons. The Hall–Kier alpha value is -1.41. The van der Waals surface area contributed by atoms with Crippen LogP contribution in [-0.4, -0.2) is 44.3 Å². The van der Waals surface area contributed by atoms with Crippen LogP contribution in [0.2, 0.25) is 0 Å². The number of anilines is 1. The molecule has 2 fully saturated rings. The Morgan fingerprint density at radius 2 is 2.04 bits per heavy atom. The molecule has 2 saturated heterocycles. The number of amides is 2. The maximum Gasteiger partial charge on any atom is 0.227 e. The van der Waals surface area contributed by atoms with Crippen LogP contribution < -0.4 is 10.2 Å². The maximum absolute atomic E-state index is 12.3. The highest BCUT2D eigenvalue weighted by atomic mass is 79.9. The topological polar surface area (TPSA) is 83.5 Å². The molecule has 2 amide bonds. The first kappa shape index (κ1) is 16.4. The Labute approximate surface area is 143 Å².